The molecule has 1 saturated carbocycles. The molecule has 9 heteroatoms. The number of nitrogens with zero attached hydrogens (tertiary/aromatic N) is 4. The predicted octanol–water partition coefficient (Wildman–Crippen LogP) is 2.80. The van der Waals surface area contributed by atoms with E-state index in [0.29, 0.717) is 30.2 Å². The summed E-state index contributed by atoms with van der Waals surface area (Å²) in [7, 11) is 0. The van der Waals surface area contributed by atoms with Gasteiger partial charge in [-0.05, 0) is 35.9 Å². The Morgan fingerprint density at radius 2 is 2.31 bits per heavy atom. The van der Waals surface area contributed by atoms with Gasteiger partial charge in [0.05, 0.1) is 5.92 Å². The van der Waals surface area contributed by atoms with E-state index in [-0.39, 0.29) is 24.0 Å². The summed E-state index contributed by atoms with van der Waals surface area (Å²) >= 11 is 0. The van der Waals surface area contributed by atoms with E-state index in [1.165, 1.54) is 0 Å². The van der Waals surface area contributed by atoms with E-state index in [9.17, 15) is 4.79 Å². The molecule has 2 N–H and O–H groups in total. The molecule has 1 fully saturated rings. The fourth-order valence-corrected chi connectivity index (χ4v) is 3.63. The Morgan fingerprint density at radius 3 is 3.19 bits per heavy atom. The van der Waals surface area contributed by atoms with Crippen molar-refractivity contribution in [3.8, 4) is 17.2 Å². The number of fused-ring (bicyclic) bond motifs is 4. The van der Waals surface area contributed by atoms with Crippen LogP contribution in [-0.2, 0) is 11.2 Å². The van der Waals surface area contributed by atoms with E-state index >= 15 is 0 Å². The second kappa shape index (κ2) is 5.53. The molecular weight excluding hydrogens is 336 g/mol. The van der Waals surface area contributed by atoms with Gasteiger partial charge in [-0.1, -0.05) is 0 Å². The average Bonchev–Trinajstić information content (AvgIpc) is 3.19. The second-order valence-corrected chi connectivity index (χ2v) is 6.44. The first kappa shape index (κ1) is 14.9. The molecule has 2 aliphatic heterocycles. The lowest BCUT2D eigenvalue weighted by Gasteiger charge is -2.19. The van der Waals surface area contributed by atoms with E-state index in [1.807, 2.05) is 18.2 Å². The first-order chi connectivity index (χ1) is 12.7. The van der Waals surface area contributed by atoms with Gasteiger partial charge in [0.2, 0.25) is 5.91 Å². The summed E-state index contributed by atoms with van der Waals surface area (Å²) in [5.41, 5.74) is 13.1. The molecule has 0 saturated heterocycles. The van der Waals surface area contributed by atoms with Crippen molar-refractivity contribution in [3.05, 3.63) is 52.0 Å². The molecule has 0 unspecified atom stereocenters. The van der Waals surface area contributed by atoms with Crippen LogP contribution in [0.3, 0.4) is 0 Å². The van der Waals surface area contributed by atoms with Gasteiger partial charge in [-0.2, -0.15) is 4.91 Å². The zero-order valence-electron chi connectivity index (χ0n) is 13.5. The van der Waals surface area contributed by atoms with Crippen LogP contribution in [0, 0.1) is 0 Å². The molecule has 5 rings (SSSR count). The molecule has 2 aromatic rings. The molecule has 130 valence electrons. The van der Waals surface area contributed by atoms with Gasteiger partial charge in [0.25, 0.3) is 0 Å². The molecule has 0 spiro atoms. The first-order valence-corrected chi connectivity index (χ1v) is 8.30. The summed E-state index contributed by atoms with van der Waals surface area (Å²) in [6.07, 6.45) is 2.63. The van der Waals surface area contributed by atoms with Crippen molar-refractivity contribution in [2.45, 2.75) is 30.9 Å². The lowest BCUT2D eigenvalue weighted by molar-refractivity contribution is -0.116. The molecule has 3 heterocycles. The van der Waals surface area contributed by atoms with Crippen LogP contribution in [0.5, 0.6) is 17.2 Å². The largest absolute Gasteiger partial charge is 0.485 e. The Morgan fingerprint density at radius 1 is 1.38 bits per heavy atom. The number of carbonyl (C=O) groups is 1. The standard InChI is InChI=1S/C17H14N6O3/c18-22-23-21-15-14-10-7-8(1-3-11(10)26-16(14)15)25-12-5-6-19-17-9(12)2-4-13(24)20-17/h1,3,5-7,14-16,21H,2,4H2,(H,19,20,24)/t14-,15-,16-/m0/s1. The molecule has 1 aromatic carbocycles. The average molecular weight is 350 g/mol. The van der Waals surface area contributed by atoms with Gasteiger partial charge in [0.1, 0.15) is 29.1 Å². The molecule has 9 nitrogen and oxygen atoms in total. The molecule has 0 radical (unpaired) electrons. The fraction of sp³-hybridized carbons (Fsp3) is 0.294. The summed E-state index contributed by atoms with van der Waals surface area (Å²) < 4.78 is 11.9. The van der Waals surface area contributed by atoms with Gasteiger partial charge >= 0.3 is 0 Å². The van der Waals surface area contributed by atoms with E-state index < -0.39 is 0 Å². The minimum absolute atomic E-state index is 0.00227. The van der Waals surface area contributed by atoms with Crippen LogP contribution in [0.1, 0.15) is 23.5 Å². The minimum atomic E-state index is -0.0322. The quantitative estimate of drug-likeness (QED) is 0.380. The predicted molar refractivity (Wildman–Crippen MR) is 90.9 cm³/mol. The Bertz CT molecular complexity index is 971. The van der Waals surface area contributed by atoms with Crippen LogP contribution in [0.4, 0.5) is 5.82 Å². The van der Waals surface area contributed by atoms with Gasteiger partial charge in [-0.15, -0.1) is 5.53 Å². The molecule has 1 aliphatic carbocycles. The monoisotopic (exact) mass is 350 g/mol. The molecule has 1 amide bonds. The van der Waals surface area contributed by atoms with E-state index in [4.69, 9.17) is 15.0 Å². The van der Waals surface area contributed by atoms with Crippen LogP contribution in [0.15, 0.2) is 35.7 Å². The molecule has 0 bridgehead atoms. The number of azide groups is 1. The zero-order valence-corrected chi connectivity index (χ0v) is 13.5. The topological polar surface area (TPSA) is 121 Å². The second-order valence-electron chi connectivity index (χ2n) is 6.44. The van der Waals surface area contributed by atoms with Crippen molar-refractivity contribution < 1.29 is 14.3 Å². The van der Waals surface area contributed by atoms with Gasteiger partial charge in [-0.3, -0.25) is 10.2 Å². The zero-order chi connectivity index (χ0) is 17.7. The summed E-state index contributed by atoms with van der Waals surface area (Å²) in [5, 5.41) is 6.18. The fourth-order valence-electron chi connectivity index (χ4n) is 3.63. The maximum absolute atomic E-state index is 11.5. The summed E-state index contributed by atoms with van der Waals surface area (Å²) in [5.74, 6) is 2.89. The number of amides is 1. The third-order valence-electron chi connectivity index (χ3n) is 4.91. The Balaban J connectivity index is 1.40. The molecule has 26 heavy (non-hydrogen) atoms. The lowest BCUT2D eigenvalue weighted by atomic mass is 10.1. The minimum Gasteiger partial charge on any atom is -0.485 e. The number of carbonyl (C=O) groups excluding carboxylic acids is 1. The molecular formula is C17H14N6O3. The number of rotatable bonds is 4. The Labute approximate surface area is 147 Å². The Kier molecular flexibility index (Phi) is 3.16. The van der Waals surface area contributed by atoms with Crippen molar-refractivity contribution in [2.24, 2.45) is 5.22 Å². The van der Waals surface area contributed by atoms with Crippen molar-refractivity contribution in [1.82, 2.24) is 10.4 Å². The van der Waals surface area contributed by atoms with Crippen molar-refractivity contribution in [2.75, 3.05) is 5.32 Å². The normalized spacial score (nSPS) is 24.2. The number of hydrogen-bond acceptors (Lipinski definition) is 5. The first-order valence-electron chi connectivity index (χ1n) is 8.30. The number of aromatic nitrogens is 1. The summed E-state index contributed by atoms with van der Waals surface area (Å²) in [6.45, 7) is 0. The third kappa shape index (κ3) is 2.29. The van der Waals surface area contributed by atoms with Gasteiger partial charge in [0.15, 0.2) is 6.10 Å². The van der Waals surface area contributed by atoms with E-state index in [0.717, 1.165) is 16.9 Å². The highest BCUT2D eigenvalue weighted by Gasteiger charge is 2.62. The van der Waals surface area contributed by atoms with E-state index in [2.05, 4.69) is 25.9 Å². The maximum Gasteiger partial charge on any atom is 0.225 e. The van der Waals surface area contributed by atoms with Crippen molar-refractivity contribution >= 4 is 11.7 Å². The summed E-state index contributed by atoms with van der Waals surface area (Å²) in [6, 6.07) is 7.49. The lowest BCUT2D eigenvalue weighted by Crippen LogP contribution is -2.20. The van der Waals surface area contributed by atoms with Gasteiger partial charge < -0.3 is 14.8 Å². The maximum atomic E-state index is 11.5. The van der Waals surface area contributed by atoms with Crippen LogP contribution in [0.2, 0.25) is 0 Å². The third-order valence-corrected chi connectivity index (χ3v) is 4.91. The Hall–Kier alpha value is -3.45. The number of anilines is 1. The highest BCUT2D eigenvalue weighted by Crippen LogP contribution is 2.54. The van der Waals surface area contributed by atoms with Crippen molar-refractivity contribution in [1.29, 1.82) is 0 Å². The smallest absolute Gasteiger partial charge is 0.225 e. The van der Waals surface area contributed by atoms with Crippen LogP contribution >= 0.6 is 0 Å². The van der Waals surface area contributed by atoms with Crippen LogP contribution < -0.4 is 20.2 Å². The van der Waals surface area contributed by atoms with Gasteiger partial charge in [0, 0.05) is 23.7 Å². The highest BCUT2D eigenvalue weighted by atomic mass is 16.5. The number of nitrogens with one attached hydrogen (secondary N) is 2. The molecule has 3 aliphatic rings. The van der Waals surface area contributed by atoms with Crippen LogP contribution in [-0.4, -0.2) is 23.0 Å². The van der Waals surface area contributed by atoms with E-state index in [1.54, 1.807) is 12.3 Å². The van der Waals surface area contributed by atoms with Crippen LogP contribution in [0.25, 0.3) is 10.4 Å². The number of ether oxygens (including phenoxy) is 2. The summed E-state index contributed by atoms with van der Waals surface area (Å²) in [4.78, 5) is 18.5. The number of benzene rings is 1. The van der Waals surface area contributed by atoms with Crippen molar-refractivity contribution in [3.63, 3.8) is 0 Å². The number of hydrogen-bond donors (Lipinski definition) is 2. The molecule has 3 atom stereocenters. The highest BCUT2D eigenvalue weighted by molar-refractivity contribution is 5.93. The SMILES string of the molecule is [N-]=[N+]=NN[C@@H]1[C@H]2Oc3ccc(Oc4ccnc5c4CCC(=O)N5)cc3[C@@H]12. The molecule has 1 aromatic heterocycles. The number of pyridine rings is 1. The van der Waals surface area contributed by atoms with Gasteiger partial charge in [-0.25, -0.2) is 4.98 Å².